The Morgan fingerprint density at radius 1 is 0.511 bits per heavy atom. The fourth-order valence-corrected chi connectivity index (χ4v) is 6.41. The van der Waals surface area contributed by atoms with Crippen LogP contribution in [0.2, 0.25) is 0 Å². The molecule has 1 aromatic heterocycles. The van der Waals surface area contributed by atoms with E-state index in [0.29, 0.717) is 19.8 Å². The molecule has 1 heterocycles. The van der Waals surface area contributed by atoms with Gasteiger partial charge in [0.1, 0.15) is 12.4 Å². The highest BCUT2D eigenvalue weighted by Gasteiger charge is 2.21. The summed E-state index contributed by atoms with van der Waals surface area (Å²) in [6.45, 7) is 1.51. The fraction of sp³-hybridized carbons (Fsp3) is 0.0750. The molecule has 0 N–H and O–H groups in total. The van der Waals surface area contributed by atoms with Gasteiger partial charge in [-0.05, 0) is 42.0 Å². The summed E-state index contributed by atoms with van der Waals surface area (Å²) in [6, 6.07) is 55.2. The zero-order chi connectivity index (χ0) is 30.7. The number of hydrogen-bond donors (Lipinski definition) is 0. The summed E-state index contributed by atoms with van der Waals surface area (Å²) in [5.74, 6) is 0.817. The van der Waals surface area contributed by atoms with Crippen molar-refractivity contribution < 1.29 is 9.47 Å². The van der Waals surface area contributed by atoms with Gasteiger partial charge in [0, 0.05) is 20.2 Å². The highest BCUT2D eigenvalue weighted by Crippen LogP contribution is 2.25. The van der Waals surface area contributed by atoms with E-state index in [0.717, 1.165) is 31.5 Å². The molecule has 0 aliphatic rings. The monoisotopic (exact) mass is 604 g/mol. The molecule has 0 saturated heterocycles. The molecule has 3 nitrogen and oxygen atoms in total. The highest BCUT2D eigenvalue weighted by molar-refractivity contribution is 7.24. The van der Waals surface area contributed by atoms with Crippen molar-refractivity contribution in [3.05, 3.63) is 180 Å². The van der Waals surface area contributed by atoms with Crippen molar-refractivity contribution >= 4 is 54.6 Å². The Kier molecular flexibility index (Phi) is 10.1. The van der Waals surface area contributed by atoms with Gasteiger partial charge < -0.3 is 9.47 Å². The topological polar surface area (TPSA) is 35.5 Å². The van der Waals surface area contributed by atoms with Gasteiger partial charge in [0.15, 0.2) is 5.43 Å². The maximum atomic E-state index is 12.9. The summed E-state index contributed by atoms with van der Waals surface area (Å²) in [5, 5.41) is 1.52. The van der Waals surface area contributed by atoms with Crippen LogP contribution in [0.15, 0.2) is 169 Å². The predicted octanol–water partition coefficient (Wildman–Crippen LogP) is 7.21. The summed E-state index contributed by atoms with van der Waals surface area (Å²) in [4.78, 5) is 12.9. The summed E-state index contributed by atoms with van der Waals surface area (Å²) in [5.41, 5.74) is 4.81. The molecule has 0 atom stereocenters. The van der Waals surface area contributed by atoms with E-state index in [1.54, 1.807) is 11.3 Å². The Bertz CT molecular complexity index is 1930. The van der Waals surface area contributed by atoms with Crippen LogP contribution in [0.5, 0.6) is 5.75 Å². The average molecular weight is 605 g/mol. The molecule has 0 saturated carbocycles. The van der Waals surface area contributed by atoms with Gasteiger partial charge in [0.2, 0.25) is 6.71 Å². The molecule has 7 aromatic rings. The molecule has 0 unspecified atom stereocenters. The first-order valence-electron chi connectivity index (χ1n) is 15.1. The van der Waals surface area contributed by atoms with Crippen molar-refractivity contribution in [1.82, 2.24) is 0 Å². The van der Waals surface area contributed by atoms with Crippen molar-refractivity contribution in [1.29, 1.82) is 0 Å². The molecule has 7 rings (SSSR count). The average Bonchev–Trinajstić information content (AvgIpc) is 3.11. The van der Waals surface area contributed by atoms with Crippen LogP contribution in [0.25, 0.3) is 20.2 Å². The van der Waals surface area contributed by atoms with E-state index < -0.39 is 0 Å². The lowest BCUT2D eigenvalue weighted by Crippen LogP contribution is -2.51. The van der Waals surface area contributed by atoms with Gasteiger partial charge in [-0.3, -0.25) is 4.79 Å². The van der Waals surface area contributed by atoms with Gasteiger partial charge in [-0.2, -0.15) is 0 Å². The van der Waals surface area contributed by atoms with Crippen molar-refractivity contribution in [3.63, 3.8) is 0 Å². The van der Waals surface area contributed by atoms with E-state index in [9.17, 15) is 4.79 Å². The Morgan fingerprint density at radius 2 is 1.04 bits per heavy atom. The molecule has 0 aliphatic heterocycles. The van der Waals surface area contributed by atoms with Gasteiger partial charge in [-0.25, -0.2) is 0 Å². The van der Waals surface area contributed by atoms with Crippen LogP contribution in [-0.4, -0.2) is 19.9 Å². The standard InChI is InChI=1S/C34H27BO3S.C6H6/c36-34-30-13-7-8-14-32(30)39-33-20-15-25(23-31(33)34)24-37-21-22-38-29-18-16-28(17-19-29)35(26-9-3-1-4-10-26)27-11-5-2-6-12-27;1-2-4-6-5-3-1/h1-20,23H,21-22,24H2;1-6H. The van der Waals surface area contributed by atoms with Crippen LogP contribution in [0.4, 0.5) is 0 Å². The molecule has 0 bridgehead atoms. The third-order valence-electron chi connectivity index (χ3n) is 7.55. The van der Waals surface area contributed by atoms with E-state index in [1.807, 2.05) is 103 Å². The molecule has 45 heavy (non-hydrogen) atoms. The summed E-state index contributed by atoms with van der Waals surface area (Å²) in [6.07, 6.45) is 0. The molecule has 0 amide bonds. The molecule has 0 aliphatic carbocycles. The molecule has 0 fully saturated rings. The Morgan fingerprint density at radius 3 is 1.69 bits per heavy atom. The lowest BCUT2D eigenvalue weighted by Gasteiger charge is -2.16. The van der Waals surface area contributed by atoms with Gasteiger partial charge in [-0.15, -0.1) is 11.3 Å². The normalized spacial score (nSPS) is 10.7. The Balaban J connectivity index is 0.000000535. The third kappa shape index (κ3) is 7.77. The van der Waals surface area contributed by atoms with Crippen LogP contribution in [0.3, 0.4) is 0 Å². The second-order valence-corrected chi connectivity index (χ2v) is 11.7. The molecular formula is C40H33BO3S. The Hall–Kier alpha value is -4.97. The number of fused-ring (bicyclic) bond motifs is 2. The van der Waals surface area contributed by atoms with E-state index in [-0.39, 0.29) is 12.1 Å². The maximum absolute atomic E-state index is 12.9. The summed E-state index contributed by atoms with van der Waals surface area (Å²) in [7, 11) is 0. The van der Waals surface area contributed by atoms with Crippen molar-refractivity contribution in [2.45, 2.75) is 6.61 Å². The van der Waals surface area contributed by atoms with Crippen molar-refractivity contribution in [2.75, 3.05) is 13.2 Å². The molecule has 0 radical (unpaired) electrons. The third-order valence-corrected chi connectivity index (χ3v) is 8.70. The SMILES string of the molecule is O=c1c2ccccc2sc2ccc(COCCOc3ccc(B(c4ccccc4)c4ccccc4)cc3)cc12.c1ccccc1. The molecule has 0 spiro atoms. The summed E-state index contributed by atoms with van der Waals surface area (Å²) < 4.78 is 13.8. The number of ether oxygens (including phenoxy) is 2. The second-order valence-electron chi connectivity index (χ2n) is 10.6. The zero-order valence-corrected chi connectivity index (χ0v) is 25.7. The predicted molar refractivity (Wildman–Crippen MR) is 191 cm³/mol. The quantitative estimate of drug-likeness (QED) is 0.0993. The first kappa shape index (κ1) is 30.1. The largest absolute Gasteiger partial charge is 0.491 e. The smallest absolute Gasteiger partial charge is 0.241 e. The lowest BCUT2D eigenvalue weighted by molar-refractivity contribution is 0.0890. The Labute approximate surface area is 268 Å². The molecule has 220 valence electrons. The molecule has 5 heteroatoms. The number of hydrogen-bond acceptors (Lipinski definition) is 4. The highest BCUT2D eigenvalue weighted by atomic mass is 32.1. The fourth-order valence-electron chi connectivity index (χ4n) is 5.36. The minimum Gasteiger partial charge on any atom is -0.491 e. The van der Waals surface area contributed by atoms with Gasteiger partial charge in [0.25, 0.3) is 0 Å². The van der Waals surface area contributed by atoms with Crippen molar-refractivity contribution in [3.8, 4) is 5.75 Å². The van der Waals surface area contributed by atoms with Crippen LogP contribution in [-0.2, 0) is 11.3 Å². The van der Waals surface area contributed by atoms with Gasteiger partial charge in [-0.1, -0.05) is 144 Å². The number of benzene rings is 6. The van der Waals surface area contributed by atoms with Crippen LogP contribution < -0.4 is 26.6 Å². The molecule has 6 aromatic carbocycles. The van der Waals surface area contributed by atoms with E-state index in [1.165, 1.54) is 16.4 Å². The first-order valence-corrected chi connectivity index (χ1v) is 15.9. The van der Waals surface area contributed by atoms with Gasteiger partial charge in [0.05, 0.1) is 13.2 Å². The van der Waals surface area contributed by atoms with Crippen molar-refractivity contribution in [2.24, 2.45) is 0 Å². The second kappa shape index (κ2) is 15.2. The zero-order valence-electron chi connectivity index (χ0n) is 24.9. The van der Waals surface area contributed by atoms with Gasteiger partial charge >= 0.3 is 0 Å². The van der Waals surface area contributed by atoms with Crippen LogP contribution in [0.1, 0.15) is 5.56 Å². The van der Waals surface area contributed by atoms with E-state index in [4.69, 9.17) is 9.47 Å². The number of rotatable bonds is 9. The minimum atomic E-state index is 0.0785. The lowest BCUT2D eigenvalue weighted by atomic mass is 9.37. The van der Waals surface area contributed by atoms with E-state index >= 15 is 0 Å². The summed E-state index contributed by atoms with van der Waals surface area (Å²) >= 11 is 1.64. The maximum Gasteiger partial charge on any atom is 0.241 e. The minimum absolute atomic E-state index is 0.0785. The first-order chi connectivity index (χ1) is 22.3. The molecular weight excluding hydrogens is 571 g/mol. The van der Waals surface area contributed by atoms with Crippen LogP contribution >= 0.6 is 11.3 Å². The van der Waals surface area contributed by atoms with E-state index in [2.05, 4.69) is 60.7 Å². The van der Waals surface area contributed by atoms with Crippen LogP contribution in [0, 0.1) is 0 Å².